The molecule has 0 spiro atoms. The summed E-state index contributed by atoms with van der Waals surface area (Å²) in [5, 5.41) is 40.7. The molecule has 0 aromatic heterocycles. The van der Waals surface area contributed by atoms with Crippen molar-refractivity contribution in [3.8, 4) is 0 Å². The Kier molecular flexibility index (Phi) is 36.2. The predicted octanol–water partition coefficient (Wildman–Crippen LogP) is -1.13. The molecule has 3 heterocycles. The van der Waals surface area contributed by atoms with Crippen LogP contribution in [0, 0.1) is 17.8 Å². The fraction of sp³-hybridized carbons (Fsp3) is 0.560. The lowest BCUT2D eigenvalue weighted by molar-refractivity contribution is -0.138. The summed E-state index contributed by atoms with van der Waals surface area (Å²) in [5.41, 5.74) is 14.5. The number of hydrogen-bond acceptors (Lipinski definition) is 18. The van der Waals surface area contributed by atoms with E-state index in [1.807, 2.05) is 0 Å². The Bertz CT molecular complexity index is 3590. The molecule has 0 aliphatic carbocycles. The normalized spacial score (nSPS) is 26.2. The van der Waals surface area contributed by atoms with Gasteiger partial charge in [-0.3, -0.25) is 71.9 Å². The van der Waals surface area contributed by atoms with E-state index in [0.717, 1.165) is 0 Å². The highest BCUT2D eigenvalue weighted by Crippen LogP contribution is 2.22. The van der Waals surface area contributed by atoms with E-state index < -0.39 is 142 Å². The van der Waals surface area contributed by atoms with Gasteiger partial charge in [-0.25, -0.2) is 0 Å². The van der Waals surface area contributed by atoms with Crippen molar-refractivity contribution in [2.24, 2.45) is 35.0 Å². The van der Waals surface area contributed by atoms with Gasteiger partial charge in [0, 0.05) is 43.9 Å². The van der Waals surface area contributed by atoms with E-state index >= 15 is 0 Å². The van der Waals surface area contributed by atoms with Crippen molar-refractivity contribution in [3.63, 3.8) is 0 Å². The van der Waals surface area contributed by atoms with E-state index in [1.165, 1.54) is 6.92 Å². The Morgan fingerprint density at radius 2 is 0.620 bits per heavy atom. The van der Waals surface area contributed by atoms with Crippen molar-refractivity contribution < 1.29 is 71.9 Å². The molecule has 3 aromatic rings. The van der Waals surface area contributed by atoms with Crippen LogP contribution in [0.2, 0.25) is 0 Å². The van der Waals surface area contributed by atoms with Crippen LogP contribution in [0.5, 0.6) is 0 Å². The van der Waals surface area contributed by atoms with Crippen molar-refractivity contribution in [2.45, 2.75) is 212 Å². The second-order valence-electron chi connectivity index (χ2n) is 28.3. The lowest BCUT2D eigenvalue weighted by atomic mass is 9.94. The van der Waals surface area contributed by atoms with Crippen LogP contribution < -0.4 is 97.0 Å². The minimum Gasteiger partial charge on any atom is -0.354 e. The zero-order valence-electron chi connectivity index (χ0n) is 64.1. The maximum absolute atomic E-state index is 13.4. The number of carbonyl (C=O) groups excluding carboxylic acids is 15. The van der Waals surface area contributed by atoms with Gasteiger partial charge in [-0.15, -0.1) is 0 Å². The van der Waals surface area contributed by atoms with Crippen LogP contribution in [0.15, 0.2) is 91.0 Å². The Morgan fingerprint density at radius 3 is 0.870 bits per heavy atom. The lowest BCUT2D eigenvalue weighted by Gasteiger charge is -2.33. The van der Waals surface area contributed by atoms with Crippen molar-refractivity contribution >= 4 is 88.6 Å². The quantitative estimate of drug-likeness (QED) is 0.0716. The topological polar surface area (TPSA) is 515 Å². The second-order valence-corrected chi connectivity index (χ2v) is 28.3. The number of nitrogens with two attached hydrogens (primary N) is 3. The Balaban J connectivity index is 0.000000342. The molecule has 6 rings (SSSR count). The average molecular weight is 1510 g/mol. The van der Waals surface area contributed by atoms with Gasteiger partial charge in [0.05, 0.1) is 0 Å². The van der Waals surface area contributed by atoms with Crippen LogP contribution in [-0.4, -0.2) is 181 Å². The highest BCUT2D eigenvalue weighted by Gasteiger charge is 2.43. The lowest BCUT2D eigenvalue weighted by Crippen LogP contribution is -2.64. The van der Waals surface area contributed by atoms with Gasteiger partial charge in [0.15, 0.2) is 0 Å². The predicted molar refractivity (Wildman–Crippen MR) is 402 cm³/mol. The standard InChI is InChI=1S/C26H40N6O5.C25H38N6O5.C24H36N6O5/c1-5-18-22(34)31-20(17-10-7-6-8-11-17)24(36)28-15-13-26(4,32-21(33)16(2)3)25(37)30-19(12-9-14-27)23(35)29-18;1-5-17-21(33)30-19(16-9-7-6-8-10-16)23(35)27-14-12-25(4,31-20(32)15(2)3)24(36)29-18(11-13-26)22(34)28-17;1-5-16-20(32)29-18(15-9-7-6-8-10-15)22(34)26-12-11-24(4,30-19(31)14(2)3)23(35)28-17(13-25)21(33)27-16/h6-8,10-11,16,18-20H,5,9,12-15,27H2,1-4H3,(H,28,36)(H,29,35)(H,30,37)(H,31,34)(H,32,33);6-10,15,17-19H,5,11-14,26H2,1-4H3,(H,27,35)(H,28,34)(H,29,36)(H,30,33)(H,31,32);6-10,14,16-18H,5,11-13,25H2,1-4H3,(H,26,34)(H,27,33)(H,28,35)(H,29,32)(H,30,31)/t18-,19-,20+,26+;17-,18-,19+,25+;16-,17-,18+,24+/m000/s1. The first-order valence-corrected chi connectivity index (χ1v) is 36.9. The number of rotatable bonds is 18. The average Bonchev–Trinajstić information content (AvgIpc) is 0.849. The highest BCUT2D eigenvalue weighted by molar-refractivity contribution is 6.01. The zero-order chi connectivity index (χ0) is 80.6. The summed E-state index contributed by atoms with van der Waals surface area (Å²) in [6.07, 6.45) is 1.75. The maximum Gasteiger partial charge on any atom is 0.247 e. The first kappa shape index (κ1) is 90.0. The van der Waals surface area contributed by atoms with Crippen molar-refractivity contribution in [1.29, 1.82) is 0 Å². The van der Waals surface area contributed by atoms with Crippen LogP contribution in [0.25, 0.3) is 0 Å². The molecule has 0 saturated carbocycles. The number of nitrogens with one attached hydrogen (secondary N) is 15. The molecule has 3 aliphatic heterocycles. The van der Waals surface area contributed by atoms with E-state index in [-0.39, 0.29) is 120 Å². The molecule has 3 aliphatic rings. The van der Waals surface area contributed by atoms with Gasteiger partial charge in [0.1, 0.15) is 71.0 Å². The van der Waals surface area contributed by atoms with Gasteiger partial charge >= 0.3 is 0 Å². The van der Waals surface area contributed by atoms with E-state index in [2.05, 4.69) is 79.8 Å². The summed E-state index contributed by atoms with van der Waals surface area (Å²) in [6, 6.07) is 17.2. The smallest absolute Gasteiger partial charge is 0.247 e. The third-order valence-corrected chi connectivity index (χ3v) is 18.5. The number of amides is 15. The Morgan fingerprint density at radius 1 is 0.361 bits per heavy atom. The van der Waals surface area contributed by atoms with E-state index in [1.54, 1.807) is 167 Å². The Hall–Kier alpha value is -10.4. The Labute approximate surface area is 631 Å². The molecule has 3 aromatic carbocycles. The number of benzene rings is 3. The molecule has 33 heteroatoms. The molecule has 0 radical (unpaired) electrons. The first-order chi connectivity index (χ1) is 51.1. The number of hydrogen-bond donors (Lipinski definition) is 18. The van der Waals surface area contributed by atoms with Crippen LogP contribution in [0.3, 0.4) is 0 Å². The van der Waals surface area contributed by atoms with E-state index in [0.29, 0.717) is 29.7 Å². The molecule has 12 atom stereocenters. The van der Waals surface area contributed by atoms with Gasteiger partial charge in [-0.1, -0.05) is 153 Å². The van der Waals surface area contributed by atoms with Crippen LogP contribution in [0.4, 0.5) is 0 Å². The molecule has 33 nitrogen and oxygen atoms in total. The monoisotopic (exact) mass is 1510 g/mol. The minimum atomic E-state index is -1.43. The molecular formula is C75H114N18O15. The van der Waals surface area contributed by atoms with Crippen LogP contribution >= 0.6 is 0 Å². The summed E-state index contributed by atoms with van der Waals surface area (Å²) >= 11 is 0. The minimum absolute atomic E-state index is 0.0248. The molecule has 3 saturated heterocycles. The van der Waals surface area contributed by atoms with Gasteiger partial charge in [-0.2, -0.15) is 0 Å². The molecule has 0 unspecified atom stereocenters. The van der Waals surface area contributed by atoms with Crippen molar-refractivity contribution in [1.82, 2.24) is 79.8 Å². The summed E-state index contributed by atoms with van der Waals surface area (Å²) in [7, 11) is 0. The molecular weight excluding hydrogens is 1390 g/mol. The molecule has 108 heavy (non-hydrogen) atoms. The van der Waals surface area contributed by atoms with Gasteiger partial charge in [-0.05, 0) is 108 Å². The summed E-state index contributed by atoms with van der Waals surface area (Å²) < 4.78 is 0. The third kappa shape index (κ3) is 26.8. The van der Waals surface area contributed by atoms with E-state index in [9.17, 15) is 71.9 Å². The maximum atomic E-state index is 13.4. The fourth-order valence-corrected chi connectivity index (χ4v) is 11.2. The molecule has 3 fully saturated rings. The number of carbonyl (C=O) groups is 15. The second kappa shape index (κ2) is 43.4. The summed E-state index contributed by atoms with van der Waals surface area (Å²) in [4.78, 5) is 195. The van der Waals surface area contributed by atoms with Crippen molar-refractivity contribution in [2.75, 3.05) is 39.3 Å². The molecule has 21 N–H and O–H groups in total. The largest absolute Gasteiger partial charge is 0.354 e. The van der Waals surface area contributed by atoms with Gasteiger partial charge in [0.25, 0.3) is 0 Å². The third-order valence-electron chi connectivity index (χ3n) is 18.5. The van der Waals surface area contributed by atoms with Gasteiger partial charge in [0.2, 0.25) is 88.6 Å². The van der Waals surface area contributed by atoms with E-state index in [4.69, 9.17) is 17.2 Å². The fourth-order valence-electron chi connectivity index (χ4n) is 11.2. The molecule has 15 amide bonds. The summed E-state index contributed by atoms with van der Waals surface area (Å²) in [5.74, 6) is -8.78. The van der Waals surface area contributed by atoms with Gasteiger partial charge < -0.3 is 97.0 Å². The zero-order valence-corrected chi connectivity index (χ0v) is 64.1. The van der Waals surface area contributed by atoms with Crippen LogP contribution in [0.1, 0.15) is 176 Å². The first-order valence-electron chi connectivity index (χ1n) is 36.9. The van der Waals surface area contributed by atoms with Crippen LogP contribution in [-0.2, 0) is 71.9 Å². The van der Waals surface area contributed by atoms with Crippen molar-refractivity contribution in [3.05, 3.63) is 108 Å². The summed E-state index contributed by atoms with van der Waals surface area (Å²) in [6.45, 7) is 20.3. The molecule has 0 bridgehead atoms. The SMILES string of the molecule is CC[C@@H]1NC(=O)[C@H](CCCN)NC(=O)[C@](C)(NC(=O)C(C)C)CCNC(=O)[C@@H](c2ccccc2)NC1=O.CC[C@@H]1NC(=O)[C@H](CCN)NC(=O)[C@](C)(NC(=O)C(C)C)CCNC(=O)[C@@H](c2ccccc2)NC1=O.CC[C@@H]1NC(=O)[C@H](CN)NC(=O)[C@](C)(NC(=O)C(C)C)CCNC(=O)[C@@H](c2ccccc2)NC1=O. The molecule has 594 valence electrons. The highest BCUT2D eigenvalue weighted by atomic mass is 16.2.